The Morgan fingerprint density at radius 2 is 1.07 bits per heavy atom. The lowest BCUT2D eigenvalue weighted by Gasteiger charge is -2.23. The van der Waals surface area contributed by atoms with Gasteiger partial charge in [0.05, 0.1) is 12.4 Å². The quantitative estimate of drug-likeness (QED) is 0.0875. The predicted molar refractivity (Wildman–Crippen MR) is 189 cm³/mol. The van der Waals surface area contributed by atoms with Crippen LogP contribution in [0.4, 0.5) is 29.2 Å². The minimum absolute atomic E-state index is 0.239. The SMILES string of the molecule is Brc1ccc2[nH]cc(/C=N\Nc3nc(N/N=C\c4c[nH]c5ccc(Br)cc45)nc(N(c4ccccc4)c4ccccc4)n3)c2c1. The van der Waals surface area contributed by atoms with Crippen molar-refractivity contribution in [3.8, 4) is 0 Å². The fourth-order valence-corrected chi connectivity index (χ4v) is 5.58. The summed E-state index contributed by atoms with van der Waals surface area (Å²) >= 11 is 7.09. The number of para-hydroxylation sites is 2. The maximum Gasteiger partial charge on any atom is 0.250 e. The number of aromatic nitrogens is 5. The van der Waals surface area contributed by atoms with Crippen LogP contribution >= 0.6 is 31.9 Å². The summed E-state index contributed by atoms with van der Waals surface area (Å²) in [7, 11) is 0. The number of halogens is 2. The minimum Gasteiger partial charge on any atom is -0.361 e. The van der Waals surface area contributed by atoms with Crippen LogP contribution in [0, 0.1) is 0 Å². The minimum atomic E-state index is 0.239. The molecule has 0 bridgehead atoms. The molecule has 7 aromatic rings. The Balaban J connectivity index is 1.24. The zero-order chi connectivity index (χ0) is 30.6. The third-order valence-electron chi connectivity index (χ3n) is 6.94. The summed E-state index contributed by atoms with van der Waals surface area (Å²) in [5.74, 6) is 0.857. The lowest BCUT2D eigenvalue weighted by molar-refractivity contribution is 0.991. The molecule has 0 fully saturated rings. The standard InChI is InChI=1S/C33H24Br2N10/c34-23-11-13-29-27(15-23)21(17-36-29)19-38-43-31-40-32(44-39-20-22-18-37-30-14-12-24(35)16-28(22)30)42-33(41-31)45(25-7-3-1-4-8-25)26-9-5-2-6-10-26/h1-20,36-37H,(H2,40,41,42,43,44)/b38-19-,39-20-. The van der Waals surface area contributed by atoms with Crippen molar-refractivity contribution in [1.82, 2.24) is 24.9 Å². The van der Waals surface area contributed by atoms with Gasteiger partial charge in [0.1, 0.15) is 0 Å². The van der Waals surface area contributed by atoms with E-state index in [4.69, 9.17) is 9.97 Å². The highest BCUT2D eigenvalue weighted by molar-refractivity contribution is 9.10. The average molecular weight is 720 g/mol. The van der Waals surface area contributed by atoms with E-state index < -0.39 is 0 Å². The second kappa shape index (κ2) is 12.7. The van der Waals surface area contributed by atoms with E-state index in [9.17, 15) is 0 Å². The molecule has 220 valence electrons. The van der Waals surface area contributed by atoms with Gasteiger partial charge in [0.15, 0.2) is 0 Å². The summed E-state index contributed by atoms with van der Waals surface area (Å²) < 4.78 is 1.97. The number of hydrogen-bond acceptors (Lipinski definition) is 8. The predicted octanol–water partition coefficient (Wildman–Crippen LogP) is 8.72. The summed E-state index contributed by atoms with van der Waals surface area (Å²) in [4.78, 5) is 22.5. The van der Waals surface area contributed by atoms with E-state index in [1.54, 1.807) is 12.4 Å². The number of aromatic amines is 2. The molecule has 0 amide bonds. The van der Waals surface area contributed by atoms with Gasteiger partial charge in [-0.25, -0.2) is 10.9 Å². The number of nitrogens with one attached hydrogen (secondary N) is 4. The fraction of sp³-hybridized carbons (Fsp3) is 0. The lowest BCUT2D eigenvalue weighted by Crippen LogP contribution is -2.16. The topological polar surface area (TPSA) is 122 Å². The van der Waals surface area contributed by atoms with Gasteiger partial charge in [-0.15, -0.1) is 0 Å². The molecule has 0 aliphatic rings. The number of anilines is 5. The van der Waals surface area contributed by atoms with Crippen LogP contribution in [0.25, 0.3) is 21.8 Å². The van der Waals surface area contributed by atoms with Gasteiger partial charge < -0.3 is 9.97 Å². The van der Waals surface area contributed by atoms with E-state index in [0.717, 1.165) is 53.3 Å². The Hall–Kier alpha value is -5.33. The molecule has 45 heavy (non-hydrogen) atoms. The van der Waals surface area contributed by atoms with Gasteiger partial charge in [-0.3, -0.25) is 4.90 Å². The molecule has 7 rings (SSSR count). The highest BCUT2D eigenvalue weighted by atomic mass is 79.9. The average Bonchev–Trinajstić information content (AvgIpc) is 3.65. The second-order valence-electron chi connectivity index (χ2n) is 9.90. The van der Waals surface area contributed by atoms with E-state index in [1.165, 1.54) is 0 Å². The van der Waals surface area contributed by atoms with Crippen molar-refractivity contribution in [1.29, 1.82) is 0 Å². The molecule has 4 aromatic carbocycles. The Morgan fingerprint density at radius 1 is 0.600 bits per heavy atom. The number of hydrogen-bond donors (Lipinski definition) is 4. The van der Waals surface area contributed by atoms with Crippen LogP contribution in [-0.4, -0.2) is 37.3 Å². The number of hydrazone groups is 2. The second-order valence-corrected chi connectivity index (χ2v) is 11.7. The summed E-state index contributed by atoms with van der Waals surface area (Å²) in [5.41, 5.74) is 11.6. The van der Waals surface area contributed by atoms with Gasteiger partial charge >= 0.3 is 0 Å². The number of H-pyrrole nitrogens is 2. The van der Waals surface area contributed by atoms with Crippen molar-refractivity contribution in [2.45, 2.75) is 0 Å². The van der Waals surface area contributed by atoms with Gasteiger partial charge in [-0.05, 0) is 60.7 Å². The number of rotatable bonds is 9. The number of benzene rings is 4. The monoisotopic (exact) mass is 718 g/mol. The molecule has 12 heteroatoms. The molecular weight excluding hydrogens is 696 g/mol. The first-order valence-corrected chi connectivity index (χ1v) is 15.5. The zero-order valence-corrected chi connectivity index (χ0v) is 26.7. The van der Waals surface area contributed by atoms with E-state index >= 15 is 0 Å². The van der Waals surface area contributed by atoms with Crippen molar-refractivity contribution in [2.24, 2.45) is 10.2 Å². The molecule has 0 aliphatic carbocycles. The maximum atomic E-state index is 4.75. The molecule has 0 radical (unpaired) electrons. The maximum absolute atomic E-state index is 4.75. The number of fused-ring (bicyclic) bond motifs is 2. The summed E-state index contributed by atoms with van der Waals surface area (Å²) in [6, 6.07) is 31.9. The van der Waals surface area contributed by atoms with Crippen molar-refractivity contribution in [2.75, 3.05) is 15.8 Å². The lowest BCUT2D eigenvalue weighted by atomic mass is 10.2. The van der Waals surface area contributed by atoms with Gasteiger partial charge in [0.2, 0.25) is 17.8 Å². The van der Waals surface area contributed by atoms with Gasteiger partial charge in [0, 0.05) is 65.6 Å². The molecule has 0 saturated carbocycles. The molecule has 3 aromatic heterocycles. The zero-order valence-electron chi connectivity index (χ0n) is 23.5. The van der Waals surface area contributed by atoms with Gasteiger partial charge in [-0.1, -0.05) is 68.3 Å². The fourth-order valence-electron chi connectivity index (χ4n) is 4.86. The smallest absolute Gasteiger partial charge is 0.250 e. The third kappa shape index (κ3) is 6.33. The highest BCUT2D eigenvalue weighted by Crippen LogP contribution is 2.32. The molecular formula is C33H24Br2N10. The van der Waals surface area contributed by atoms with Crippen LogP contribution in [0.5, 0.6) is 0 Å². The molecule has 0 saturated heterocycles. The molecule has 0 atom stereocenters. The molecule has 0 aliphatic heterocycles. The molecule has 0 spiro atoms. The van der Waals surface area contributed by atoms with E-state index in [1.807, 2.05) is 114 Å². The Morgan fingerprint density at radius 3 is 1.53 bits per heavy atom. The van der Waals surface area contributed by atoms with E-state index in [2.05, 4.69) is 67.9 Å². The van der Waals surface area contributed by atoms with Crippen molar-refractivity contribution >= 4 is 95.3 Å². The first-order valence-electron chi connectivity index (χ1n) is 13.9. The normalized spacial score (nSPS) is 11.6. The largest absolute Gasteiger partial charge is 0.361 e. The molecule has 3 heterocycles. The Labute approximate surface area is 274 Å². The highest BCUT2D eigenvalue weighted by Gasteiger charge is 2.18. The Kier molecular flexibility index (Phi) is 8.04. The first-order chi connectivity index (χ1) is 22.1. The number of nitrogens with zero attached hydrogens (tertiary/aromatic N) is 6. The Bertz CT molecular complexity index is 2010. The van der Waals surface area contributed by atoms with E-state index in [0.29, 0.717) is 5.95 Å². The summed E-state index contributed by atoms with van der Waals surface area (Å²) in [5, 5.41) is 11.0. The molecule has 4 N–H and O–H groups in total. The van der Waals surface area contributed by atoms with Crippen LogP contribution in [-0.2, 0) is 0 Å². The van der Waals surface area contributed by atoms with Crippen molar-refractivity contribution in [3.05, 3.63) is 130 Å². The molecule has 10 nitrogen and oxygen atoms in total. The third-order valence-corrected chi connectivity index (χ3v) is 7.93. The van der Waals surface area contributed by atoms with Crippen LogP contribution in [0.2, 0.25) is 0 Å². The molecule has 0 unspecified atom stereocenters. The van der Waals surface area contributed by atoms with Crippen molar-refractivity contribution in [3.63, 3.8) is 0 Å². The summed E-state index contributed by atoms with van der Waals surface area (Å²) in [6.45, 7) is 0. The van der Waals surface area contributed by atoms with Crippen LogP contribution in [0.15, 0.2) is 129 Å². The van der Waals surface area contributed by atoms with Gasteiger partial charge in [0.25, 0.3) is 0 Å². The van der Waals surface area contributed by atoms with Crippen molar-refractivity contribution < 1.29 is 0 Å². The van der Waals surface area contributed by atoms with Crippen LogP contribution in [0.1, 0.15) is 11.1 Å². The van der Waals surface area contributed by atoms with Crippen LogP contribution < -0.4 is 15.8 Å². The van der Waals surface area contributed by atoms with Gasteiger partial charge in [-0.2, -0.15) is 25.2 Å². The first kappa shape index (κ1) is 28.4. The van der Waals surface area contributed by atoms with E-state index in [-0.39, 0.29) is 11.9 Å². The van der Waals surface area contributed by atoms with Crippen LogP contribution in [0.3, 0.4) is 0 Å². The summed E-state index contributed by atoms with van der Waals surface area (Å²) in [6.07, 6.45) is 7.25.